The Morgan fingerprint density at radius 3 is 2.24 bits per heavy atom. The molecule has 0 radical (unpaired) electrons. The maximum absolute atomic E-state index is 13.0. The van der Waals surface area contributed by atoms with Crippen molar-refractivity contribution in [3.8, 4) is 0 Å². The van der Waals surface area contributed by atoms with E-state index in [0.29, 0.717) is 6.07 Å². The Morgan fingerprint density at radius 1 is 1.29 bits per heavy atom. The van der Waals surface area contributed by atoms with Crippen molar-refractivity contribution in [2.75, 3.05) is 7.11 Å². The van der Waals surface area contributed by atoms with Crippen molar-refractivity contribution in [1.82, 2.24) is 0 Å². The van der Waals surface area contributed by atoms with Gasteiger partial charge in [0, 0.05) is 5.56 Å². The Kier molecular flexibility index (Phi) is 6.37. The number of ether oxygens (including phenoxy) is 1. The van der Waals surface area contributed by atoms with Crippen LogP contribution in [-0.4, -0.2) is 20.1 Å². The normalized spacial score (nSPS) is 10.7. The zero-order valence-electron chi connectivity index (χ0n) is 9.56. The quantitative estimate of drug-likeness (QED) is 0.392. The van der Waals surface area contributed by atoms with Crippen molar-refractivity contribution in [3.63, 3.8) is 0 Å². The van der Waals surface area contributed by atoms with Gasteiger partial charge in [0.2, 0.25) is 0 Å². The minimum atomic E-state index is -5.45. The Hall–Kier alpha value is 0.111. The standard InChI is InChI=1S/C9H8BF4O2.K/c1-5-3-6(9(15)16-2)7(4-8(5)11)10(12,13)14;/h3-4H,1-2H3;/q-1;+1. The molecule has 88 valence electrons. The molecule has 2 nitrogen and oxygen atoms in total. The van der Waals surface area contributed by atoms with Crippen molar-refractivity contribution < 1.29 is 78.3 Å². The molecular weight excluding hydrogens is 266 g/mol. The van der Waals surface area contributed by atoms with E-state index in [-0.39, 0.29) is 56.9 Å². The van der Waals surface area contributed by atoms with Crippen LogP contribution in [0.1, 0.15) is 15.9 Å². The van der Waals surface area contributed by atoms with E-state index in [1.807, 2.05) is 0 Å². The second-order valence-corrected chi connectivity index (χ2v) is 3.25. The molecule has 1 rings (SSSR count). The number of hydrogen-bond donors (Lipinski definition) is 0. The minimum Gasteiger partial charge on any atom is -0.465 e. The molecule has 17 heavy (non-hydrogen) atoms. The van der Waals surface area contributed by atoms with Gasteiger partial charge in [-0.1, -0.05) is 11.5 Å². The summed E-state index contributed by atoms with van der Waals surface area (Å²) in [6.45, 7) is -4.18. The first-order valence-corrected chi connectivity index (χ1v) is 4.35. The van der Waals surface area contributed by atoms with Crippen LogP contribution in [0.3, 0.4) is 0 Å². The summed E-state index contributed by atoms with van der Waals surface area (Å²) in [4.78, 5) is 11.1. The minimum absolute atomic E-state index is 0. The van der Waals surface area contributed by atoms with Crippen LogP contribution in [-0.2, 0) is 4.74 Å². The molecule has 0 aromatic heterocycles. The van der Waals surface area contributed by atoms with E-state index >= 15 is 0 Å². The molecule has 0 aliphatic heterocycles. The molecule has 0 N–H and O–H groups in total. The number of esters is 1. The van der Waals surface area contributed by atoms with Crippen LogP contribution in [0.5, 0.6) is 0 Å². The summed E-state index contributed by atoms with van der Waals surface area (Å²) in [5.74, 6) is -2.13. The van der Waals surface area contributed by atoms with Gasteiger partial charge in [0.15, 0.2) is 0 Å². The van der Waals surface area contributed by atoms with Gasteiger partial charge >= 0.3 is 64.3 Å². The molecule has 0 fully saturated rings. The van der Waals surface area contributed by atoms with E-state index in [1.165, 1.54) is 6.92 Å². The number of halogens is 4. The monoisotopic (exact) mass is 274 g/mol. The fourth-order valence-electron chi connectivity index (χ4n) is 1.25. The molecule has 0 aliphatic carbocycles. The number of hydrogen-bond acceptors (Lipinski definition) is 2. The third-order valence-electron chi connectivity index (χ3n) is 2.09. The zero-order valence-corrected chi connectivity index (χ0v) is 12.7. The molecule has 0 unspecified atom stereocenters. The number of rotatable bonds is 2. The summed E-state index contributed by atoms with van der Waals surface area (Å²) in [6, 6.07) is 1.16. The van der Waals surface area contributed by atoms with Gasteiger partial charge in [-0.05, 0) is 18.6 Å². The van der Waals surface area contributed by atoms with Gasteiger partial charge in [-0.25, -0.2) is 9.18 Å². The number of methoxy groups -OCH3 is 1. The number of aryl methyl sites for hydroxylation is 1. The van der Waals surface area contributed by atoms with Crippen molar-refractivity contribution in [3.05, 3.63) is 29.1 Å². The Morgan fingerprint density at radius 2 is 1.82 bits per heavy atom. The van der Waals surface area contributed by atoms with Gasteiger partial charge in [0.05, 0.1) is 7.11 Å². The van der Waals surface area contributed by atoms with Gasteiger partial charge < -0.3 is 17.7 Å². The van der Waals surface area contributed by atoms with Crippen molar-refractivity contribution >= 4 is 18.4 Å². The van der Waals surface area contributed by atoms with Crippen molar-refractivity contribution in [1.29, 1.82) is 0 Å². The molecule has 8 heteroatoms. The van der Waals surface area contributed by atoms with E-state index in [0.717, 1.165) is 13.2 Å². The summed E-state index contributed by atoms with van der Waals surface area (Å²) < 4.78 is 54.9. The van der Waals surface area contributed by atoms with E-state index in [1.54, 1.807) is 0 Å². The summed E-state index contributed by atoms with van der Waals surface area (Å²) >= 11 is 0. The number of carbonyl (C=O) groups is 1. The maximum atomic E-state index is 13.0. The molecular formula is C9H8BF4KO2. The third-order valence-corrected chi connectivity index (χ3v) is 2.09. The Labute approximate surface area is 138 Å². The average molecular weight is 274 g/mol. The van der Waals surface area contributed by atoms with Crippen LogP contribution in [0.4, 0.5) is 17.3 Å². The molecule has 0 heterocycles. The topological polar surface area (TPSA) is 26.3 Å². The first-order valence-electron chi connectivity index (χ1n) is 4.35. The van der Waals surface area contributed by atoms with Gasteiger partial charge in [-0.2, -0.15) is 0 Å². The largest absolute Gasteiger partial charge is 1.00 e. The summed E-state index contributed by atoms with van der Waals surface area (Å²) in [7, 11) is 0.966. The molecule has 0 saturated carbocycles. The second kappa shape index (κ2) is 6.33. The van der Waals surface area contributed by atoms with E-state index in [4.69, 9.17) is 0 Å². The molecule has 0 saturated heterocycles. The molecule has 0 spiro atoms. The summed E-state index contributed by atoms with van der Waals surface area (Å²) in [5.41, 5.74) is -1.96. The SMILES string of the molecule is COC(=O)c1cc(C)c(F)cc1[B-](F)(F)F.[K+]. The van der Waals surface area contributed by atoms with E-state index in [2.05, 4.69) is 4.74 Å². The fourth-order valence-corrected chi connectivity index (χ4v) is 1.25. The second-order valence-electron chi connectivity index (χ2n) is 3.25. The van der Waals surface area contributed by atoms with Crippen LogP contribution in [0.25, 0.3) is 0 Å². The van der Waals surface area contributed by atoms with Gasteiger partial charge in [-0.15, -0.1) is 0 Å². The van der Waals surface area contributed by atoms with Crippen LogP contribution in [0.15, 0.2) is 12.1 Å². The van der Waals surface area contributed by atoms with Crippen LogP contribution >= 0.6 is 0 Å². The van der Waals surface area contributed by atoms with Gasteiger partial charge in [-0.3, -0.25) is 0 Å². The van der Waals surface area contributed by atoms with Crippen molar-refractivity contribution in [2.24, 2.45) is 0 Å². The predicted octanol–water partition coefficient (Wildman–Crippen LogP) is -1.02. The first-order chi connectivity index (χ1) is 7.27. The molecule has 0 aliphatic rings. The number of benzene rings is 1. The summed E-state index contributed by atoms with van der Waals surface area (Å²) in [5, 5.41) is 0. The van der Waals surface area contributed by atoms with Crippen LogP contribution < -0.4 is 56.8 Å². The van der Waals surface area contributed by atoms with Gasteiger partial charge in [0.1, 0.15) is 5.82 Å². The molecule has 0 atom stereocenters. The van der Waals surface area contributed by atoms with E-state index in [9.17, 15) is 22.1 Å². The predicted molar refractivity (Wildman–Crippen MR) is 51.2 cm³/mol. The number of carbonyl (C=O) groups excluding carboxylic acids is 1. The fraction of sp³-hybridized carbons (Fsp3) is 0.222. The maximum Gasteiger partial charge on any atom is 1.00 e. The Balaban J connectivity index is 0.00000256. The van der Waals surface area contributed by atoms with E-state index < -0.39 is 29.8 Å². The third kappa shape index (κ3) is 4.06. The summed E-state index contributed by atoms with van der Waals surface area (Å²) in [6.07, 6.45) is 0. The molecule has 1 aromatic carbocycles. The molecule has 0 bridgehead atoms. The van der Waals surface area contributed by atoms with Crippen LogP contribution in [0, 0.1) is 12.7 Å². The first kappa shape index (κ1) is 17.1. The van der Waals surface area contributed by atoms with Crippen molar-refractivity contribution in [2.45, 2.75) is 6.92 Å². The average Bonchev–Trinajstić information content (AvgIpc) is 2.18. The Bertz CT molecular complexity index is 434. The molecule has 1 aromatic rings. The van der Waals surface area contributed by atoms with Gasteiger partial charge in [0.25, 0.3) is 0 Å². The van der Waals surface area contributed by atoms with Crippen LogP contribution in [0.2, 0.25) is 0 Å². The zero-order chi connectivity index (χ0) is 12.5. The molecule has 0 amide bonds. The smallest absolute Gasteiger partial charge is 0.465 e.